The lowest BCUT2D eigenvalue weighted by Gasteiger charge is -2.13. The average molecular weight is 232 g/mol. The Morgan fingerprint density at radius 2 is 1.88 bits per heavy atom. The first kappa shape index (κ1) is 12.7. The summed E-state index contributed by atoms with van der Waals surface area (Å²) in [4.78, 5) is 10.3. The van der Waals surface area contributed by atoms with Crippen LogP contribution in [0.2, 0.25) is 0 Å². The fraction of sp³-hybridized carbons (Fsp3) is 0.364. The zero-order valence-corrected chi connectivity index (χ0v) is 8.62. The highest BCUT2D eigenvalue weighted by molar-refractivity contribution is 5.51. The fourth-order valence-corrected chi connectivity index (χ4v) is 1.34. The zero-order valence-electron chi connectivity index (χ0n) is 8.62. The van der Waals surface area contributed by atoms with Crippen molar-refractivity contribution in [3.63, 3.8) is 0 Å². The molecule has 0 aromatic heterocycles. The van der Waals surface area contributed by atoms with Gasteiger partial charge in [0.15, 0.2) is 0 Å². The van der Waals surface area contributed by atoms with Crippen LogP contribution in [0.3, 0.4) is 0 Å². The first-order valence-corrected chi connectivity index (χ1v) is 4.62. The molecule has 5 heteroatoms. The van der Waals surface area contributed by atoms with Gasteiger partial charge in [-0.2, -0.15) is 13.2 Å². The molecule has 0 fully saturated rings. The Hall–Kier alpha value is -1.36. The molecule has 1 rings (SSSR count). The van der Waals surface area contributed by atoms with E-state index < -0.39 is 17.8 Å². The van der Waals surface area contributed by atoms with Gasteiger partial charge in [-0.05, 0) is 17.7 Å². The molecule has 0 amide bonds. The molecular formula is C11H11F3O2. The van der Waals surface area contributed by atoms with Crippen LogP contribution in [0.5, 0.6) is 0 Å². The molecule has 1 aromatic rings. The Balaban J connectivity index is 2.89. The molecule has 0 spiro atoms. The van der Waals surface area contributed by atoms with Gasteiger partial charge in [-0.3, -0.25) is 0 Å². The van der Waals surface area contributed by atoms with E-state index in [-0.39, 0.29) is 6.42 Å². The number of carbonyl (C=O) groups excluding carboxylic acids is 1. The number of benzene rings is 1. The van der Waals surface area contributed by atoms with E-state index in [0.29, 0.717) is 11.8 Å². The van der Waals surface area contributed by atoms with Crippen molar-refractivity contribution >= 4 is 6.29 Å². The molecule has 1 unspecified atom stereocenters. The number of methoxy groups -OCH3 is 1. The van der Waals surface area contributed by atoms with E-state index in [0.717, 1.165) is 12.1 Å². The van der Waals surface area contributed by atoms with Crippen LogP contribution in [0.1, 0.15) is 23.7 Å². The molecule has 0 aliphatic carbocycles. The van der Waals surface area contributed by atoms with E-state index in [1.54, 1.807) is 0 Å². The summed E-state index contributed by atoms with van der Waals surface area (Å²) >= 11 is 0. The number of halogens is 3. The summed E-state index contributed by atoms with van der Waals surface area (Å²) in [7, 11) is 1.41. The van der Waals surface area contributed by atoms with Crippen LogP contribution in [0, 0.1) is 0 Å². The summed E-state index contributed by atoms with van der Waals surface area (Å²) in [5, 5.41) is 0. The number of alkyl halides is 3. The van der Waals surface area contributed by atoms with Gasteiger partial charge in [0.2, 0.25) is 0 Å². The van der Waals surface area contributed by atoms with Crippen LogP contribution in [0.4, 0.5) is 13.2 Å². The molecule has 1 aromatic carbocycles. The second kappa shape index (κ2) is 5.12. The normalized spacial score (nSPS) is 13.5. The molecule has 0 saturated heterocycles. The van der Waals surface area contributed by atoms with Crippen LogP contribution in [0.25, 0.3) is 0 Å². The van der Waals surface area contributed by atoms with Crippen molar-refractivity contribution in [2.24, 2.45) is 0 Å². The summed E-state index contributed by atoms with van der Waals surface area (Å²) < 4.78 is 41.8. The molecule has 0 heterocycles. The van der Waals surface area contributed by atoms with E-state index in [1.807, 2.05) is 0 Å². The van der Waals surface area contributed by atoms with Crippen LogP contribution in [-0.4, -0.2) is 13.4 Å². The molecule has 0 radical (unpaired) electrons. The molecule has 16 heavy (non-hydrogen) atoms. The molecule has 0 aliphatic rings. The highest BCUT2D eigenvalue weighted by Crippen LogP contribution is 2.30. The maximum Gasteiger partial charge on any atom is 0.416 e. The van der Waals surface area contributed by atoms with Crippen molar-refractivity contribution in [2.45, 2.75) is 18.7 Å². The highest BCUT2D eigenvalue weighted by atomic mass is 19.4. The van der Waals surface area contributed by atoms with Gasteiger partial charge in [0.05, 0.1) is 11.7 Å². The summed E-state index contributed by atoms with van der Waals surface area (Å²) in [6.45, 7) is 0. The van der Waals surface area contributed by atoms with Gasteiger partial charge in [-0.1, -0.05) is 12.1 Å². The maximum absolute atomic E-state index is 12.3. The average Bonchev–Trinajstić information content (AvgIpc) is 2.25. The van der Waals surface area contributed by atoms with Crippen LogP contribution in [0.15, 0.2) is 24.3 Å². The standard InChI is InChI=1S/C11H11F3O2/c1-16-10(6-7-15)8-2-4-9(5-3-8)11(12,13)14/h2-5,7,10H,6H2,1H3. The third-order valence-corrected chi connectivity index (χ3v) is 2.20. The Morgan fingerprint density at radius 1 is 1.31 bits per heavy atom. The summed E-state index contributed by atoms with van der Waals surface area (Å²) in [6, 6.07) is 4.60. The van der Waals surface area contributed by atoms with Gasteiger partial charge in [-0.15, -0.1) is 0 Å². The van der Waals surface area contributed by atoms with Gasteiger partial charge in [-0.25, -0.2) is 0 Å². The van der Waals surface area contributed by atoms with Crippen molar-refractivity contribution in [1.82, 2.24) is 0 Å². The molecule has 2 nitrogen and oxygen atoms in total. The first-order chi connectivity index (χ1) is 7.49. The summed E-state index contributed by atoms with van der Waals surface area (Å²) in [5.74, 6) is 0. The summed E-state index contributed by atoms with van der Waals surface area (Å²) in [6.07, 6.45) is -4.03. The van der Waals surface area contributed by atoms with Gasteiger partial charge < -0.3 is 9.53 Å². The lowest BCUT2D eigenvalue weighted by molar-refractivity contribution is -0.137. The molecule has 0 bridgehead atoms. The largest absolute Gasteiger partial charge is 0.416 e. The number of carbonyl (C=O) groups is 1. The Morgan fingerprint density at radius 3 is 2.25 bits per heavy atom. The molecule has 0 saturated carbocycles. The van der Waals surface area contributed by atoms with Crippen molar-refractivity contribution in [1.29, 1.82) is 0 Å². The van der Waals surface area contributed by atoms with Gasteiger partial charge in [0.1, 0.15) is 6.29 Å². The predicted molar refractivity (Wildman–Crippen MR) is 51.9 cm³/mol. The van der Waals surface area contributed by atoms with Gasteiger partial charge >= 0.3 is 6.18 Å². The van der Waals surface area contributed by atoms with E-state index in [2.05, 4.69) is 0 Å². The Kier molecular flexibility index (Phi) is 4.06. The van der Waals surface area contributed by atoms with Crippen LogP contribution in [-0.2, 0) is 15.7 Å². The second-order valence-electron chi connectivity index (χ2n) is 3.25. The number of hydrogen-bond donors (Lipinski definition) is 0. The van der Waals surface area contributed by atoms with E-state index in [9.17, 15) is 18.0 Å². The topological polar surface area (TPSA) is 26.3 Å². The Bertz CT molecular complexity index is 343. The van der Waals surface area contributed by atoms with Crippen molar-refractivity contribution in [3.05, 3.63) is 35.4 Å². The van der Waals surface area contributed by atoms with Crippen LogP contribution >= 0.6 is 0 Å². The quantitative estimate of drug-likeness (QED) is 0.746. The molecule has 0 aliphatic heterocycles. The third kappa shape index (κ3) is 3.06. The van der Waals surface area contributed by atoms with Gasteiger partial charge in [0, 0.05) is 13.5 Å². The smallest absolute Gasteiger partial charge is 0.376 e. The number of aldehydes is 1. The SMILES string of the molecule is COC(CC=O)c1ccc(C(F)(F)F)cc1. The fourth-order valence-electron chi connectivity index (χ4n) is 1.34. The number of hydrogen-bond acceptors (Lipinski definition) is 2. The lowest BCUT2D eigenvalue weighted by Crippen LogP contribution is -2.06. The molecule has 1 atom stereocenters. The Labute approximate surface area is 91.0 Å². The minimum Gasteiger partial charge on any atom is -0.376 e. The molecular weight excluding hydrogens is 221 g/mol. The first-order valence-electron chi connectivity index (χ1n) is 4.62. The number of rotatable bonds is 4. The second-order valence-corrected chi connectivity index (χ2v) is 3.25. The third-order valence-electron chi connectivity index (χ3n) is 2.20. The van der Waals surface area contributed by atoms with Crippen molar-refractivity contribution in [2.75, 3.05) is 7.11 Å². The van der Waals surface area contributed by atoms with Crippen molar-refractivity contribution in [3.8, 4) is 0 Å². The number of ether oxygens (including phenoxy) is 1. The van der Waals surface area contributed by atoms with E-state index in [4.69, 9.17) is 4.74 Å². The summed E-state index contributed by atoms with van der Waals surface area (Å²) in [5.41, 5.74) is -0.153. The highest BCUT2D eigenvalue weighted by Gasteiger charge is 2.30. The minimum atomic E-state index is -4.34. The zero-order chi connectivity index (χ0) is 12.2. The monoisotopic (exact) mass is 232 g/mol. The lowest BCUT2D eigenvalue weighted by atomic mass is 10.0. The van der Waals surface area contributed by atoms with E-state index >= 15 is 0 Å². The van der Waals surface area contributed by atoms with Gasteiger partial charge in [0.25, 0.3) is 0 Å². The van der Waals surface area contributed by atoms with Crippen LogP contribution < -0.4 is 0 Å². The predicted octanol–water partition coefficient (Wildman–Crippen LogP) is 2.98. The molecule has 88 valence electrons. The maximum atomic E-state index is 12.3. The minimum absolute atomic E-state index is 0.127. The van der Waals surface area contributed by atoms with Crippen molar-refractivity contribution < 1.29 is 22.7 Å². The van der Waals surface area contributed by atoms with E-state index in [1.165, 1.54) is 19.2 Å². The molecule has 0 N–H and O–H groups in total.